The molecule has 0 fully saturated rings. The van der Waals surface area contributed by atoms with Gasteiger partial charge in [-0.3, -0.25) is 0 Å². The highest BCUT2D eigenvalue weighted by Crippen LogP contribution is 2.22. The third kappa shape index (κ3) is 3.83. The average molecular weight is 333 g/mol. The molecule has 1 aromatic heterocycles. The highest BCUT2D eigenvalue weighted by Gasteiger charge is 2.07. The fraction of sp³-hybridized carbons (Fsp3) is 0.353. The van der Waals surface area contributed by atoms with E-state index in [4.69, 9.17) is 4.98 Å². The van der Waals surface area contributed by atoms with Crippen molar-refractivity contribution >= 4 is 21.7 Å². The highest BCUT2D eigenvalue weighted by molar-refractivity contribution is 9.10. The molecule has 3 heteroatoms. The molecule has 0 N–H and O–H groups in total. The van der Waals surface area contributed by atoms with Gasteiger partial charge in [0.05, 0.1) is 5.69 Å². The summed E-state index contributed by atoms with van der Waals surface area (Å²) in [6.07, 6.45) is 2.29. The standard InChI is InChI=1S/C17H21BrN2/c1-3-12-20(13-4-2)17-7-5-6-16(19-17)14-8-10-15(18)11-9-14/h5-11H,3-4,12-13H2,1-2H3. The maximum Gasteiger partial charge on any atom is 0.129 e. The van der Waals surface area contributed by atoms with Crippen molar-refractivity contribution in [3.8, 4) is 11.3 Å². The monoisotopic (exact) mass is 332 g/mol. The number of pyridine rings is 1. The van der Waals surface area contributed by atoms with Crippen LogP contribution in [0.3, 0.4) is 0 Å². The first kappa shape index (κ1) is 15.0. The lowest BCUT2D eigenvalue weighted by Gasteiger charge is -2.23. The number of halogens is 1. The van der Waals surface area contributed by atoms with Crippen LogP contribution in [0, 0.1) is 0 Å². The molecule has 0 aliphatic rings. The molecule has 2 nitrogen and oxygen atoms in total. The molecule has 0 bridgehead atoms. The van der Waals surface area contributed by atoms with Crippen LogP contribution in [0.5, 0.6) is 0 Å². The molecule has 0 aliphatic heterocycles. The maximum absolute atomic E-state index is 4.82. The quantitative estimate of drug-likeness (QED) is 0.728. The van der Waals surface area contributed by atoms with Crippen LogP contribution in [-0.4, -0.2) is 18.1 Å². The number of benzene rings is 1. The minimum Gasteiger partial charge on any atom is -0.357 e. The maximum atomic E-state index is 4.82. The average Bonchev–Trinajstić information content (AvgIpc) is 2.48. The number of anilines is 1. The molecule has 0 radical (unpaired) electrons. The first-order valence-electron chi connectivity index (χ1n) is 7.22. The molecule has 0 unspecified atom stereocenters. The van der Waals surface area contributed by atoms with Gasteiger partial charge >= 0.3 is 0 Å². The predicted molar refractivity (Wildman–Crippen MR) is 90.2 cm³/mol. The van der Waals surface area contributed by atoms with Crippen LogP contribution in [0.1, 0.15) is 26.7 Å². The first-order chi connectivity index (χ1) is 9.74. The summed E-state index contributed by atoms with van der Waals surface area (Å²) in [6, 6.07) is 14.6. The lowest BCUT2D eigenvalue weighted by molar-refractivity contribution is 0.735. The molecule has 20 heavy (non-hydrogen) atoms. The van der Waals surface area contributed by atoms with E-state index in [0.717, 1.165) is 47.5 Å². The number of rotatable bonds is 6. The molecule has 1 aromatic carbocycles. The van der Waals surface area contributed by atoms with E-state index in [1.807, 2.05) is 0 Å². The van der Waals surface area contributed by atoms with E-state index < -0.39 is 0 Å². The predicted octanol–water partition coefficient (Wildman–Crippen LogP) is 5.14. The summed E-state index contributed by atoms with van der Waals surface area (Å²) in [5.74, 6) is 1.08. The Morgan fingerprint density at radius 1 is 0.950 bits per heavy atom. The van der Waals surface area contributed by atoms with E-state index in [2.05, 4.69) is 77.1 Å². The van der Waals surface area contributed by atoms with Crippen molar-refractivity contribution in [1.29, 1.82) is 0 Å². The Bertz CT molecular complexity index is 531. The van der Waals surface area contributed by atoms with Crippen LogP contribution in [0.2, 0.25) is 0 Å². The van der Waals surface area contributed by atoms with E-state index in [0.29, 0.717) is 0 Å². The Morgan fingerprint density at radius 3 is 2.20 bits per heavy atom. The summed E-state index contributed by atoms with van der Waals surface area (Å²) in [5, 5.41) is 0. The minimum absolute atomic E-state index is 1.03. The Morgan fingerprint density at radius 2 is 1.60 bits per heavy atom. The molecule has 0 aliphatic carbocycles. The topological polar surface area (TPSA) is 16.1 Å². The molecule has 2 rings (SSSR count). The van der Waals surface area contributed by atoms with E-state index in [1.54, 1.807) is 0 Å². The molecule has 106 valence electrons. The van der Waals surface area contributed by atoms with Crippen molar-refractivity contribution in [2.45, 2.75) is 26.7 Å². The van der Waals surface area contributed by atoms with Gasteiger partial charge in [-0.15, -0.1) is 0 Å². The number of nitrogens with zero attached hydrogens (tertiary/aromatic N) is 2. The minimum atomic E-state index is 1.03. The van der Waals surface area contributed by atoms with Crippen molar-refractivity contribution in [3.63, 3.8) is 0 Å². The lowest BCUT2D eigenvalue weighted by atomic mass is 10.1. The zero-order chi connectivity index (χ0) is 14.4. The summed E-state index contributed by atoms with van der Waals surface area (Å²) in [7, 11) is 0. The Kier molecular flexibility index (Phi) is 5.60. The van der Waals surface area contributed by atoms with Crippen LogP contribution in [-0.2, 0) is 0 Å². The van der Waals surface area contributed by atoms with Crippen LogP contribution in [0.4, 0.5) is 5.82 Å². The fourth-order valence-electron chi connectivity index (χ4n) is 2.26. The van der Waals surface area contributed by atoms with Crippen molar-refractivity contribution in [2.75, 3.05) is 18.0 Å². The largest absolute Gasteiger partial charge is 0.357 e. The van der Waals surface area contributed by atoms with Crippen molar-refractivity contribution in [1.82, 2.24) is 4.98 Å². The molecule has 0 atom stereocenters. The summed E-state index contributed by atoms with van der Waals surface area (Å²) in [6.45, 7) is 6.54. The van der Waals surface area contributed by atoms with Crippen molar-refractivity contribution in [2.24, 2.45) is 0 Å². The van der Waals surface area contributed by atoms with Gasteiger partial charge in [0.1, 0.15) is 5.82 Å². The van der Waals surface area contributed by atoms with Gasteiger partial charge in [-0.1, -0.05) is 48.0 Å². The van der Waals surface area contributed by atoms with Crippen LogP contribution in [0.15, 0.2) is 46.9 Å². The van der Waals surface area contributed by atoms with E-state index >= 15 is 0 Å². The summed E-state index contributed by atoms with van der Waals surface area (Å²) < 4.78 is 1.09. The molecule has 0 amide bonds. The van der Waals surface area contributed by atoms with E-state index in [1.165, 1.54) is 0 Å². The van der Waals surface area contributed by atoms with Gasteiger partial charge in [-0.05, 0) is 37.1 Å². The van der Waals surface area contributed by atoms with Gasteiger partial charge in [-0.25, -0.2) is 4.98 Å². The van der Waals surface area contributed by atoms with Crippen LogP contribution >= 0.6 is 15.9 Å². The van der Waals surface area contributed by atoms with Crippen LogP contribution in [0.25, 0.3) is 11.3 Å². The fourth-order valence-corrected chi connectivity index (χ4v) is 2.53. The third-order valence-corrected chi connectivity index (χ3v) is 3.71. The van der Waals surface area contributed by atoms with Crippen LogP contribution < -0.4 is 4.90 Å². The third-order valence-electron chi connectivity index (χ3n) is 3.19. The zero-order valence-electron chi connectivity index (χ0n) is 12.1. The Labute approximate surface area is 130 Å². The molecule has 2 aromatic rings. The van der Waals surface area contributed by atoms with Gasteiger partial charge < -0.3 is 4.90 Å². The zero-order valence-corrected chi connectivity index (χ0v) is 13.7. The summed E-state index contributed by atoms with van der Waals surface area (Å²) >= 11 is 3.47. The van der Waals surface area contributed by atoms with Gasteiger partial charge in [0.15, 0.2) is 0 Å². The summed E-state index contributed by atoms with van der Waals surface area (Å²) in [5.41, 5.74) is 2.19. The number of aromatic nitrogens is 1. The van der Waals surface area contributed by atoms with Gasteiger partial charge in [0.25, 0.3) is 0 Å². The molecule has 0 saturated heterocycles. The number of hydrogen-bond donors (Lipinski definition) is 0. The Balaban J connectivity index is 2.28. The molecule has 1 heterocycles. The number of hydrogen-bond acceptors (Lipinski definition) is 2. The van der Waals surface area contributed by atoms with Crippen molar-refractivity contribution < 1.29 is 0 Å². The first-order valence-corrected chi connectivity index (χ1v) is 8.01. The summed E-state index contributed by atoms with van der Waals surface area (Å²) in [4.78, 5) is 7.18. The smallest absolute Gasteiger partial charge is 0.129 e. The van der Waals surface area contributed by atoms with Gasteiger partial charge in [0, 0.05) is 23.1 Å². The van der Waals surface area contributed by atoms with E-state index in [9.17, 15) is 0 Å². The van der Waals surface area contributed by atoms with Gasteiger partial charge in [-0.2, -0.15) is 0 Å². The van der Waals surface area contributed by atoms with E-state index in [-0.39, 0.29) is 0 Å². The molecular weight excluding hydrogens is 312 g/mol. The van der Waals surface area contributed by atoms with Gasteiger partial charge in [0.2, 0.25) is 0 Å². The lowest BCUT2D eigenvalue weighted by Crippen LogP contribution is -2.25. The Hall–Kier alpha value is -1.35. The second-order valence-corrected chi connectivity index (χ2v) is 5.79. The van der Waals surface area contributed by atoms with Crippen molar-refractivity contribution in [3.05, 3.63) is 46.9 Å². The molecule has 0 spiro atoms. The second kappa shape index (κ2) is 7.44. The second-order valence-electron chi connectivity index (χ2n) is 4.87. The normalized spacial score (nSPS) is 10.6. The molecule has 0 saturated carbocycles. The SMILES string of the molecule is CCCN(CCC)c1cccc(-c2ccc(Br)cc2)n1. The molecular formula is C17H21BrN2. The highest BCUT2D eigenvalue weighted by atomic mass is 79.9.